The number of thiophene rings is 1. The molecule has 1 aromatic rings. The van der Waals surface area contributed by atoms with Gasteiger partial charge < -0.3 is 0 Å². The maximum Gasteiger partial charge on any atom is 0.129 e. The Morgan fingerprint density at radius 2 is 2.00 bits per heavy atom. The highest BCUT2D eigenvalue weighted by Crippen LogP contribution is 2.21. The molecule has 0 spiro atoms. The van der Waals surface area contributed by atoms with E-state index < -0.39 is 8.07 Å². The van der Waals surface area contributed by atoms with Crippen LogP contribution in [0.3, 0.4) is 0 Å². The Balaban J connectivity index is 2.80. The lowest BCUT2D eigenvalue weighted by molar-refractivity contribution is 1.81. The summed E-state index contributed by atoms with van der Waals surface area (Å²) in [5.41, 5.74) is 3.33. The molecule has 0 bridgehead atoms. The zero-order chi connectivity index (χ0) is 9.19. The van der Waals surface area contributed by atoms with Crippen LogP contribution in [-0.2, 0) is 0 Å². The molecule has 0 aliphatic rings. The molecule has 0 saturated carbocycles. The van der Waals surface area contributed by atoms with Crippen LogP contribution < -0.4 is 0 Å². The van der Waals surface area contributed by atoms with Gasteiger partial charge in [0.25, 0.3) is 0 Å². The summed E-state index contributed by atoms with van der Waals surface area (Å²) in [5, 5.41) is 0. The predicted molar refractivity (Wildman–Crippen MR) is 62.2 cm³/mol. The van der Waals surface area contributed by atoms with E-state index in [1.807, 2.05) is 6.07 Å². The van der Waals surface area contributed by atoms with Crippen LogP contribution in [-0.4, -0.2) is 8.07 Å². The fraction of sp³-hybridized carbons (Fsp3) is 0.333. The van der Waals surface area contributed by atoms with Crippen molar-refractivity contribution in [3.63, 3.8) is 0 Å². The van der Waals surface area contributed by atoms with E-state index in [0.717, 1.165) is 8.66 Å². The Labute approximate surface area is 87.1 Å². The zero-order valence-corrected chi connectivity index (χ0v) is 10.8. The van der Waals surface area contributed by atoms with E-state index in [1.54, 1.807) is 11.3 Å². The molecule has 0 atom stereocenters. The van der Waals surface area contributed by atoms with Gasteiger partial charge in [-0.05, 0) is 28.1 Å². The largest absolute Gasteiger partial charge is 0.129 e. The van der Waals surface area contributed by atoms with Crippen LogP contribution in [0.15, 0.2) is 15.9 Å². The van der Waals surface area contributed by atoms with Crippen LogP contribution in [0.2, 0.25) is 19.6 Å². The van der Waals surface area contributed by atoms with E-state index in [0.29, 0.717) is 0 Å². The first-order chi connectivity index (χ1) is 5.47. The summed E-state index contributed by atoms with van der Waals surface area (Å²) in [6.07, 6.45) is 0. The monoisotopic (exact) mass is 258 g/mol. The molecule has 64 valence electrons. The third kappa shape index (κ3) is 3.57. The van der Waals surface area contributed by atoms with Gasteiger partial charge in [-0.3, -0.25) is 0 Å². The van der Waals surface area contributed by atoms with E-state index >= 15 is 0 Å². The van der Waals surface area contributed by atoms with Gasteiger partial charge in [-0.25, -0.2) is 0 Å². The van der Waals surface area contributed by atoms with Gasteiger partial charge in [-0.15, -0.1) is 16.9 Å². The Bertz CT molecular complexity index is 324. The lowest BCUT2D eigenvalue weighted by Gasteiger charge is -2.02. The Morgan fingerprint density at radius 3 is 2.42 bits per heavy atom. The van der Waals surface area contributed by atoms with Crippen molar-refractivity contribution >= 4 is 35.3 Å². The SMILES string of the molecule is C[Si](C)(C)C#Cc1ccc(Br)s1. The van der Waals surface area contributed by atoms with Gasteiger partial charge >= 0.3 is 0 Å². The molecule has 0 saturated heterocycles. The van der Waals surface area contributed by atoms with Gasteiger partial charge in [-0.2, -0.15) is 0 Å². The highest BCUT2D eigenvalue weighted by Gasteiger charge is 2.07. The first kappa shape index (κ1) is 10.0. The van der Waals surface area contributed by atoms with E-state index in [1.165, 1.54) is 0 Å². The minimum atomic E-state index is -1.20. The van der Waals surface area contributed by atoms with Crippen molar-refractivity contribution in [2.75, 3.05) is 0 Å². The predicted octanol–water partition coefficient (Wildman–Crippen LogP) is 3.74. The third-order valence-electron chi connectivity index (χ3n) is 1.13. The maximum absolute atomic E-state index is 3.41. The van der Waals surface area contributed by atoms with Crippen molar-refractivity contribution in [3.8, 4) is 11.5 Å². The molecule has 0 unspecified atom stereocenters. The van der Waals surface area contributed by atoms with Gasteiger partial charge in [0, 0.05) is 0 Å². The zero-order valence-electron chi connectivity index (χ0n) is 7.44. The molecule has 0 N–H and O–H groups in total. The summed E-state index contributed by atoms with van der Waals surface area (Å²) in [5.74, 6) is 3.21. The van der Waals surface area contributed by atoms with Crippen LogP contribution in [0.25, 0.3) is 0 Å². The Kier molecular flexibility index (Phi) is 3.16. The summed E-state index contributed by atoms with van der Waals surface area (Å²) < 4.78 is 1.15. The van der Waals surface area contributed by atoms with Crippen molar-refractivity contribution in [1.82, 2.24) is 0 Å². The first-order valence-electron chi connectivity index (χ1n) is 3.76. The number of hydrogen-bond donors (Lipinski definition) is 0. The van der Waals surface area contributed by atoms with Gasteiger partial charge in [0.15, 0.2) is 0 Å². The Hall–Kier alpha value is -0.0431. The Morgan fingerprint density at radius 1 is 1.33 bits per heavy atom. The normalized spacial score (nSPS) is 10.7. The van der Waals surface area contributed by atoms with Gasteiger partial charge in [0.05, 0.1) is 8.66 Å². The lowest BCUT2D eigenvalue weighted by Crippen LogP contribution is -2.16. The van der Waals surface area contributed by atoms with Crippen LogP contribution in [0.4, 0.5) is 0 Å². The average Bonchev–Trinajstić information content (AvgIpc) is 2.30. The van der Waals surface area contributed by atoms with Crippen molar-refractivity contribution in [2.45, 2.75) is 19.6 Å². The van der Waals surface area contributed by atoms with Gasteiger partial charge in [0.2, 0.25) is 0 Å². The second-order valence-corrected chi connectivity index (χ2v) is 10.8. The molecule has 0 nitrogen and oxygen atoms in total. The fourth-order valence-electron chi connectivity index (χ4n) is 0.631. The first-order valence-corrected chi connectivity index (χ1v) is 8.87. The van der Waals surface area contributed by atoms with Crippen LogP contribution in [0, 0.1) is 11.5 Å². The molecule has 12 heavy (non-hydrogen) atoms. The second kappa shape index (κ2) is 3.78. The van der Waals surface area contributed by atoms with E-state index in [-0.39, 0.29) is 0 Å². The molecule has 0 aliphatic heterocycles. The highest BCUT2D eigenvalue weighted by atomic mass is 79.9. The highest BCUT2D eigenvalue weighted by molar-refractivity contribution is 9.11. The minimum absolute atomic E-state index is 1.15. The molecule has 1 heterocycles. The van der Waals surface area contributed by atoms with Gasteiger partial charge in [-0.1, -0.05) is 25.6 Å². The molecular weight excluding hydrogens is 248 g/mol. The number of hydrogen-bond acceptors (Lipinski definition) is 1. The van der Waals surface area contributed by atoms with Crippen LogP contribution >= 0.6 is 27.3 Å². The molecule has 0 fully saturated rings. The molecule has 0 aromatic carbocycles. The molecule has 3 heteroatoms. The summed E-state index contributed by atoms with van der Waals surface area (Å²) in [4.78, 5) is 1.16. The van der Waals surface area contributed by atoms with Crippen LogP contribution in [0.5, 0.6) is 0 Å². The fourth-order valence-corrected chi connectivity index (χ4v) is 2.47. The lowest BCUT2D eigenvalue weighted by atomic mass is 10.5. The van der Waals surface area contributed by atoms with E-state index in [9.17, 15) is 0 Å². The molecule has 1 aromatic heterocycles. The smallest absolute Gasteiger partial charge is 0.126 e. The van der Waals surface area contributed by atoms with Crippen molar-refractivity contribution < 1.29 is 0 Å². The number of halogens is 1. The standard InChI is InChI=1S/C9H11BrSSi/c1-12(2,3)7-6-8-4-5-9(10)11-8/h4-5H,1-3H3. The van der Waals surface area contributed by atoms with Crippen LogP contribution in [0.1, 0.15) is 4.88 Å². The number of rotatable bonds is 0. The topological polar surface area (TPSA) is 0 Å². The van der Waals surface area contributed by atoms with Crippen molar-refractivity contribution in [3.05, 3.63) is 20.8 Å². The average molecular weight is 259 g/mol. The molecule has 0 amide bonds. The third-order valence-corrected chi connectivity index (χ3v) is 3.55. The maximum atomic E-state index is 3.41. The molecule has 1 rings (SSSR count). The second-order valence-electron chi connectivity index (χ2n) is 3.60. The summed E-state index contributed by atoms with van der Waals surface area (Å²) in [6.45, 7) is 6.76. The summed E-state index contributed by atoms with van der Waals surface area (Å²) >= 11 is 5.11. The van der Waals surface area contributed by atoms with Gasteiger partial charge in [0.1, 0.15) is 8.07 Å². The molecule has 0 radical (unpaired) electrons. The van der Waals surface area contributed by atoms with Crippen molar-refractivity contribution in [2.24, 2.45) is 0 Å². The molecular formula is C9H11BrSSi. The minimum Gasteiger partial charge on any atom is -0.126 e. The van der Waals surface area contributed by atoms with E-state index in [2.05, 4.69) is 53.1 Å². The molecule has 0 aliphatic carbocycles. The van der Waals surface area contributed by atoms with Crippen molar-refractivity contribution in [1.29, 1.82) is 0 Å². The van der Waals surface area contributed by atoms with E-state index in [4.69, 9.17) is 0 Å². The quantitative estimate of drug-likeness (QED) is 0.492. The summed E-state index contributed by atoms with van der Waals surface area (Å²) in [6, 6.07) is 4.10. The summed E-state index contributed by atoms with van der Waals surface area (Å²) in [7, 11) is -1.20.